The zero-order valence-electron chi connectivity index (χ0n) is 11.8. The second kappa shape index (κ2) is 8.21. The number of phenolic OH excluding ortho intramolecular Hbond substituents is 1. The van der Waals surface area contributed by atoms with E-state index in [9.17, 15) is 14.7 Å². The van der Waals surface area contributed by atoms with Gasteiger partial charge in [-0.1, -0.05) is 23.9 Å². The number of benzene rings is 1. The first kappa shape index (κ1) is 16.9. The highest BCUT2D eigenvalue weighted by atomic mass is 32.2. The zero-order chi connectivity index (χ0) is 15.1. The molecule has 0 fully saturated rings. The number of thioether (sulfide) groups is 2. The maximum Gasteiger partial charge on any atom is 0.222 e. The lowest BCUT2D eigenvalue weighted by Crippen LogP contribution is -2.21. The molecule has 0 aliphatic heterocycles. The molecule has 1 aromatic carbocycles. The number of amides is 1. The van der Waals surface area contributed by atoms with E-state index in [0.717, 1.165) is 5.56 Å². The number of carbonyl (C=O) groups excluding carboxylic acids is 2. The zero-order valence-corrected chi connectivity index (χ0v) is 13.5. The average molecular weight is 313 g/mol. The van der Waals surface area contributed by atoms with Crippen molar-refractivity contribution in [2.24, 2.45) is 0 Å². The van der Waals surface area contributed by atoms with Crippen LogP contribution in [0.15, 0.2) is 24.3 Å². The summed E-state index contributed by atoms with van der Waals surface area (Å²) in [7, 11) is 3.45. The molecule has 1 atom stereocenters. The predicted octanol–water partition coefficient (Wildman–Crippen LogP) is 2.88. The van der Waals surface area contributed by atoms with Crippen LogP contribution in [-0.4, -0.2) is 40.9 Å². The molecule has 0 heterocycles. The van der Waals surface area contributed by atoms with Crippen molar-refractivity contribution in [1.29, 1.82) is 0 Å². The lowest BCUT2D eigenvalue weighted by Gasteiger charge is -2.16. The van der Waals surface area contributed by atoms with E-state index in [4.69, 9.17) is 0 Å². The SMILES string of the molecule is CC(=O)SC(SCCC(=O)N(C)C)c1cccc(O)c1. The molecule has 0 saturated carbocycles. The highest BCUT2D eigenvalue weighted by molar-refractivity contribution is 8.24. The monoisotopic (exact) mass is 313 g/mol. The summed E-state index contributed by atoms with van der Waals surface area (Å²) in [6.45, 7) is 1.52. The van der Waals surface area contributed by atoms with Crippen LogP contribution in [0.4, 0.5) is 0 Å². The van der Waals surface area contributed by atoms with Gasteiger partial charge in [-0.05, 0) is 17.7 Å². The summed E-state index contributed by atoms with van der Waals surface area (Å²) in [5.41, 5.74) is 0.882. The lowest BCUT2D eigenvalue weighted by atomic mass is 10.2. The third-order valence-corrected chi connectivity index (χ3v) is 5.03. The first-order valence-electron chi connectivity index (χ1n) is 6.18. The Bertz CT molecular complexity index is 477. The van der Waals surface area contributed by atoms with Crippen molar-refractivity contribution in [1.82, 2.24) is 4.90 Å². The molecule has 0 saturated heterocycles. The van der Waals surface area contributed by atoms with E-state index in [0.29, 0.717) is 12.2 Å². The van der Waals surface area contributed by atoms with Gasteiger partial charge in [0.25, 0.3) is 0 Å². The molecule has 0 radical (unpaired) electrons. The Labute approximate surface area is 127 Å². The number of phenols is 1. The van der Waals surface area contributed by atoms with E-state index in [2.05, 4.69) is 0 Å². The molecule has 1 aromatic rings. The Balaban J connectivity index is 2.66. The number of hydrogen-bond acceptors (Lipinski definition) is 5. The molecule has 20 heavy (non-hydrogen) atoms. The molecule has 110 valence electrons. The van der Waals surface area contributed by atoms with Crippen LogP contribution in [0.1, 0.15) is 23.5 Å². The Kier molecular flexibility index (Phi) is 6.95. The number of nitrogens with zero attached hydrogens (tertiary/aromatic N) is 1. The van der Waals surface area contributed by atoms with E-state index in [-0.39, 0.29) is 21.4 Å². The van der Waals surface area contributed by atoms with E-state index >= 15 is 0 Å². The van der Waals surface area contributed by atoms with E-state index in [1.54, 1.807) is 49.0 Å². The van der Waals surface area contributed by atoms with Crippen LogP contribution >= 0.6 is 23.5 Å². The molecule has 0 aliphatic rings. The van der Waals surface area contributed by atoms with Gasteiger partial charge < -0.3 is 10.0 Å². The molecule has 0 aromatic heterocycles. The van der Waals surface area contributed by atoms with Crippen molar-refractivity contribution in [2.45, 2.75) is 17.9 Å². The first-order valence-corrected chi connectivity index (χ1v) is 8.11. The average Bonchev–Trinajstić information content (AvgIpc) is 2.36. The molecule has 0 spiro atoms. The molecule has 1 unspecified atom stereocenters. The van der Waals surface area contributed by atoms with Gasteiger partial charge >= 0.3 is 0 Å². The molecular weight excluding hydrogens is 294 g/mol. The van der Waals surface area contributed by atoms with Crippen LogP contribution in [0.5, 0.6) is 5.75 Å². The minimum atomic E-state index is -0.102. The van der Waals surface area contributed by atoms with Crippen LogP contribution in [0, 0.1) is 0 Å². The van der Waals surface area contributed by atoms with Crippen molar-refractivity contribution in [2.75, 3.05) is 19.8 Å². The van der Waals surface area contributed by atoms with Gasteiger partial charge in [0, 0.05) is 33.2 Å². The first-order chi connectivity index (χ1) is 9.40. The molecule has 0 bridgehead atoms. The summed E-state index contributed by atoms with van der Waals surface area (Å²) in [5.74, 6) is 0.888. The molecule has 0 aliphatic carbocycles. The fraction of sp³-hybridized carbons (Fsp3) is 0.429. The normalized spacial score (nSPS) is 11.9. The summed E-state index contributed by atoms with van der Waals surface area (Å²) in [6, 6.07) is 6.88. The summed E-state index contributed by atoms with van der Waals surface area (Å²) >= 11 is 2.75. The maximum absolute atomic E-state index is 11.5. The highest BCUT2D eigenvalue weighted by Gasteiger charge is 2.16. The van der Waals surface area contributed by atoms with Crippen LogP contribution in [0.3, 0.4) is 0 Å². The van der Waals surface area contributed by atoms with Gasteiger partial charge in [-0.2, -0.15) is 0 Å². The summed E-state index contributed by atoms with van der Waals surface area (Å²) < 4.78 is -0.102. The standard InChI is InChI=1S/C14H19NO3S2/c1-10(16)20-14(11-5-4-6-12(17)9-11)19-8-7-13(18)15(2)3/h4-6,9,14,17H,7-8H2,1-3H3. The van der Waals surface area contributed by atoms with Crippen molar-refractivity contribution in [3.63, 3.8) is 0 Å². The van der Waals surface area contributed by atoms with Gasteiger partial charge in [-0.25, -0.2) is 0 Å². The van der Waals surface area contributed by atoms with Gasteiger partial charge in [-0.15, -0.1) is 11.8 Å². The molecule has 6 heteroatoms. The predicted molar refractivity (Wildman–Crippen MR) is 84.9 cm³/mol. The Morgan fingerprint density at radius 1 is 1.35 bits per heavy atom. The van der Waals surface area contributed by atoms with Gasteiger partial charge in [0.05, 0.1) is 4.58 Å². The molecule has 4 nitrogen and oxygen atoms in total. The Morgan fingerprint density at radius 3 is 2.60 bits per heavy atom. The van der Waals surface area contributed by atoms with Gasteiger partial charge in [-0.3, -0.25) is 9.59 Å². The number of aromatic hydroxyl groups is 1. The Hall–Kier alpha value is -1.14. The summed E-state index contributed by atoms with van der Waals surface area (Å²) in [5, 5.41) is 9.54. The molecule has 1 amide bonds. The van der Waals surface area contributed by atoms with Crippen LogP contribution < -0.4 is 0 Å². The van der Waals surface area contributed by atoms with Crippen molar-refractivity contribution < 1.29 is 14.7 Å². The van der Waals surface area contributed by atoms with Crippen LogP contribution in [-0.2, 0) is 9.59 Å². The second-order valence-corrected chi connectivity index (χ2v) is 7.24. The topological polar surface area (TPSA) is 57.6 Å². The second-order valence-electron chi connectivity index (χ2n) is 4.45. The smallest absolute Gasteiger partial charge is 0.222 e. The minimum Gasteiger partial charge on any atom is -0.508 e. The third-order valence-electron chi connectivity index (χ3n) is 2.50. The number of carbonyl (C=O) groups is 2. The van der Waals surface area contributed by atoms with Crippen LogP contribution in [0.2, 0.25) is 0 Å². The summed E-state index contributed by atoms with van der Waals surface area (Å²) in [6.07, 6.45) is 0.436. The fourth-order valence-corrected chi connectivity index (χ4v) is 3.89. The van der Waals surface area contributed by atoms with Crippen molar-refractivity contribution in [3.05, 3.63) is 29.8 Å². The van der Waals surface area contributed by atoms with Crippen molar-refractivity contribution in [3.8, 4) is 5.75 Å². The van der Waals surface area contributed by atoms with Crippen LogP contribution in [0.25, 0.3) is 0 Å². The number of hydrogen-bond donors (Lipinski definition) is 1. The minimum absolute atomic E-state index is 0.0183. The van der Waals surface area contributed by atoms with E-state index in [1.165, 1.54) is 18.7 Å². The van der Waals surface area contributed by atoms with Gasteiger partial charge in [0.2, 0.25) is 5.91 Å². The summed E-state index contributed by atoms with van der Waals surface area (Å²) in [4.78, 5) is 24.4. The quantitative estimate of drug-likeness (QED) is 0.818. The Morgan fingerprint density at radius 2 is 2.05 bits per heavy atom. The molecule has 1 rings (SSSR count). The van der Waals surface area contributed by atoms with Gasteiger partial charge in [0.15, 0.2) is 5.12 Å². The van der Waals surface area contributed by atoms with E-state index in [1.807, 2.05) is 6.07 Å². The van der Waals surface area contributed by atoms with Gasteiger partial charge in [0.1, 0.15) is 5.75 Å². The highest BCUT2D eigenvalue weighted by Crippen LogP contribution is 2.40. The lowest BCUT2D eigenvalue weighted by molar-refractivity contribution is -0.128. The van der Waals surface area contributed by atoms with Crippen molar-refractivity contribution >= 4 is 34.5 Å². The maximum atomic E-state index is 11.5. The fourth-order valence-electron chi connectivity index (χ4n) is 1.50. The molecular formula is C14H19NO3S2. The number of rotatable bonds is 6. The third kappa shape index (κ3) is 5.88. The van der Waals surface area contributed by atoms with E-state index < -0.39 is 0 Å². The molecule has 1 N–H and O–H groups in total. The largest absolute Gasteiger partial charge is 0.508 e.